The van der Waals surface area contributed by atoms with Gasteiger partial charge in [0, 0.05) is 19.0 Å². The fraction of sp³-hybridized carbons (Fsp3) is 0.846. The number of nitrogens with two attached hydrogens (primary N) is 1. The van der Waals surface area contributed by atoms with Gasteiger partial charge >= 0.3 is 0 Å². The van der Waals surface area contributed by atoms with E-state index in [-0.39, 0.29) is 36.2 Å². The lowest BCUT2D eigenvalue weighted by atomic mass is 9.93. The van der Waals surface area contributed by atoms with E-state index in [9.17, 15) is 9.59 Å². The van der Waals surface area contributed by atoms with Gasteiger partial charge in [-0.15, -0.1) is 12.4 Å². The monoisotopic (exact) mass is 289 g/mol. The molecule has 2 rings (SSSR count). The van der Waals surface area contributed by atoms with E-state index in [4.69, 9.17) is 5.73 Å². The molecule has 1 unspecified atom stereocenters. The second kappa shape index (κ2) is 7.10. The summed E-state index contributed by atoms with van der Waals surface area (Å²) in [4.78, 5) is 26.1. The molecule has 19 heavy (non-hydrogen) atoms. The van der Waals surface area contributed by atoms with Gasteiger partial charge in [-0.1, -0.05) is 13.3 Å². The van der Waals surface area contributed by atoms with Crippen LogP contribution in [-0.4, -0.2) is 42.4 Å². The quantitative estimate of drug-likeness (QED) is 0.795. The van der Waals surface area contributed by atoms with Crippen LogP contribution in [0.5, 0.6) is 0 Å². The van der Waals surface area contributed by atoms with E-state index in [1.807, 2.05) is 6.92 Å². The zero-order chi connectivity index (χ0) is 13.1. The van der Waals surface area contributed by atoms with Crippen LogP contribution in [0.2, 0.25) is 0 Å². The van der Waals surface area contributed by atoms with Crippen LogP contribution in [0.4, 0.5) is 0 Å². The van der Waals surface area contributed by atoms with Crippen molar-refractivity contribution in [2.45, 2.75) is 38.6 Å². The highest BCUT2D eigenvalue weighted by atomic mass is 35.5. The third kappa shape index (κ3) is 3.20. The van der Waals surface area contributed by atoms with Crippen molar-refractivity contribution in [2.24, 2.45) is 17.6 Å². The number of rotatable bonds is 3. The van der Waals surface area contributed by atoms with E-state index >= 15 is 0 Å². The van der Waals surface area contributed by atoms with Crippen LogP contribution in [0.15, 0.2) is 0 Å². The molecule has 0 radical (unpaired) electrons. The Morgan fingerprint density at radius 3 is 2.84 bits per heavy atom. The zero-order valence-corrected chi connectivity index (χ0v) is 12.2. The van der Waals surface area contributed by atoms with E-state index in [0.29, 0.717) is 32.0 Å². The fourth-order valence-electron chi connectivity index (χ4n) is 3.24. The second-order valence-electron chi connectivity index (χ2n) is 5.28. The van der Waals surface area contributed by atoms with Gasteiger partial charge in [-0.2, -0.15) is 0 Å². The first-order valence-corrected chi connectivity index (χ1v) is 6.97. The normalized spacial score (nSPS) is 30.7. The third-order valence-corrected chi connectivity index (χ3v) is 4.28. The molecule has 5 nitrogen and oxygen atoms in total. The Morgan fingerprint density at radius 2 is 2.21 bits per heavy atom. The molecule has 0 bridgehead atoms. The Kier molecular flexibility index (Phi) is 6.07. The van der Waals surface area contributed by atoms with E-state index < -0.39 is 0 Å². The van der Waals surface area contributed by atoms with Crippen LogP contribution >= 0.6 is 12.4 Å². The fourth-order valence-corrected chi connectivity index (χ4v) is 3.24. The molecule has 6 heteroatoms. The largest absolute Gasteiger partial charge is 0.353 e. The van der Waals surface area contributed by atoms with Crippen LogP contribution in [-0.2, 0) is 9.59 Å². The number of carbonyl (C=O) groups is 2. The van der Waals surface area contributed by atoms with Crippen molar-refractivity contribution in [3.63, 3.8) is 0 Å². The van der Waals surface area contributed by atoms with Gasteiger partial charge in [-0.25, -0.2) is 0 Å². The average Bonchev–Trinajstić information content (AvgIpc) is 2.85. The summed E-state index contributed by atoms with van der Waals surface area (Å²) < 4.78 is 0. The third-order valence-electron chi connectivity index (χ3n) is 4.28. The molecule has 110 valence electrons. The lowest BCUT2D eigenvalue weighted by Crippen LogP contribution is -2.58. The van der Waals surface area contributed by atoms with Gasteiger partial charge in [0.25, 0.3) is 0 Å². The maximum Gasteiger partial charge on any atom is 0.242 e. The summed E-state index contributed by atoms with van der Waals surface area (Å²) >= 11 is 0. The van der Waals surface area contributed by atoms with Crippen molar-refractivity contribution in [1.82, 2.24) is 10.2 Å². The summed E-state index contributed by atoms with van der Waals surface area (Å²) in [6, 6.07) is -0.287. The SMILES string of the molecule is CCC1C(=O)NCCN1C(=O)[C@@H]1CCC[C@@H]1CN.Cl. The second-order valence-corrected chi connectivity index (χ2v) is 5.28. The minimum absolute atomic E-state index is 0. The van der Waals surface area contributed by atoms with Gasteiger partial charge in [0.05, 0.1) is 0 Å². The molecule has 1 saturated heterocycles. The molecule has 1 saturated carbocycles. The van der Waals surface area contributed by atoms with Crippen LogP contribution in [0, 0.1) is 11.8 Å². The molecule has 0 aromatic carbocycles. The minimum Gasteiger partial charge on any atom is -0.353 e. The number of carbonyl (C=O) groups excluding carboxylic acids is 2. The van der Waals surface area contributed by atoms with Crippen molar-refractivity contribution in [3.8, 4) is 0 Å². The number of hydrogen-bond acceptors (Lipinski definition) is 3. The van der Waals surface area contributed by atoms with Gasteiger partial charge in [0.2, 0.25) is 11.8 Å². The van der Waals surface area contributed by atoms with Crippen molar-refractivity contribution >= 4 is 24.2 Å². The molecule has 0 aromatic heterocycles. The predicted molar refractivity (Wildman–Crippen MR) is 75.9 cm³/mol. The van der Waals surface area contributed by atoms with Crippen molar-refractivity contribution in [1.29, 1.82) is 0 Å². The molecule has 2 amide bonds. The maximum absolute atomic E-state index is 12.6. The smallest absolute Gasteiger partial charge is 0.242 e. The average molecular weight is 290 g/mol. The first-order chi connectivity index (χ1) is 8.69. The van der Waals surface area contributed by atoms with Crippen LogP contribution in [0.25, 0.3) is 0 Å². The van der Waals surface area contributed by atoms with Gasteiger partial charge in [-0.05, 0) is 31.7 Å². The number of nitrogens with one attached hydrogen (secondary N) is 1. The Morgan fingerprint density at radius 1 is 1.47 bits per heavy atom. The predicted octanol–water partition coefficient (Wildman–Crippen LogP) is 0.520. The van der Waals surface area contributed by atoms with Crippen molar-refractivity contribution < 1.29 is 9.59 Å². The van der Waals surface area contributed by atoms with Gasteiger partial charge in [-0.3, -0.25) is 9.59 Å². The summed E-state index contributed by atoms with van der Waals surface area (Å²) in [7, 11) is 0. The lowest BCUT2D eigenvalue weighted by Gasteiger charge is -2.37. The highest BCUT2D eigenvalue weighted by molar-refractivity contribution is 5.89. The van der Waals surface area contributed by atoms with Crippen LogP contribution in [0.1, 0.15) is 32.6 Å². The lowest BCUT2D eigenvalue weighted by molar-refractivity contribution is -0.147. The molecule has 2 fully saturated rings. The number of hydrogen-bond donors (Lipinski definition) is 2. The van der Waals surface area contributed by atoms with Crippen molar-refractivity contribution in [3.05, 3.63) is 0 Å². The van der Waals surface area contributed by atoms with Gasteiger partial charge in [0.15, 0.2) is 0 Å². The Hall–Kier alpha value is -0.810. The molecule has 1 heterocycles. The molecule has 0 spiro atoms. The summed E-state index contributed by atoms with van der Waals surface area (Å²) in [6.45, 7) is 3.73. The summed E-state index contributed by atoms with van der Waals surface area (Å²) in [6.07, 6.45) is 3.73. The van der Waals surface area contributed by atoms with E-state index in [2.05, 4.69) is 5.32 Å². The van der Waals surface area contributed by atoms with E-state index in [0.717, 1.165) is 19.3 Å². The summed E-state index contributed by atoms with van der Waals surface area (Å²) in [5, 5.41) is 2.83. The molecule has 1 aliphatic heterocycles. The van der Waals surface area contributed by atoms with Gasteiger partial charge < -0.3 is 16.0 Å². The van der Waals surface area contributed by atoms with Crippen molar-refractivity contribution in [2.75, 3.05) is 19.6 Å². The van der Waals surface area contributed by atoms with Crippen LogP contribution < -0.4 is 11.1 Å². The van der Waals surface area contributed by atoms with Gasteiger partial charge in [0.1, 0.15) is 6.04 Å². The first kappa shape index (κ1) is 16.2. The van der Waals surface area contributed by atoms with E-state index in [1.165, 1.54) is 0 Å². The first-order valence-electron chi connectivity index (χ1n) is 6.97. The maximum atomic E-state index is 12.6. The molecular weight excluding hydrogens is 266 g/mol. The Labute approximate surface area is 120 Å². The Balaban J connectivity index is 0.00000180. The number of piperazine rings is 1. The topological polar surface area (TPSA) is 75.4 Å². The molecule has 3 N–H and O–H groups in total. The van der Waals surface area contributed by atoms with Crippen LogP contribution in [0.3, 0.4) is 0 Å². The molecular formula is C13H24ClN3O2. The molecule has 2 aliphatic rings. The number of nitrogens with zero attached hydrogens (tertiary/aromatic N) is 1. The minimum atomic E-state index is -0.287. The highest BCUT2D eigenvalue weighted by Gasteiger charge is 2.39. The standard InChI is InChI=1S/C13H23N3O2.ClH/c1-2-11-12(17)15-6-7-16(11)13(18)10-5-3-4-9(10)8-14;/h9-11H,2-8,14H2,1H3,(H,15,17);1H/t9-,10-,11?;/m1./s1. The molecule has 3 atom stereocenters. The Bertz CT molecular complexity index is 338. The number of halogens is 1. The summed E-state index contributed by atoms with van der Waals surface area (Å²) in [5.74, 6) is 0.471. The molecule has 0 aromatic rings. The summed E-state index contributed by atoms with van der Waals surface area (Å²) in [5.41, 5.74) is 5.74. The highest BCUT2D eigenvalue weighted by Crippen LogP contribution is 2.33. The van der Waals surface area contributed by atoms with E-state index in [1.54, 1.807) is 4.90 Å². The zero-order valence-electron chi connectivity index (χ0n) is 11.4. The number of amides is 2. The molecule has 1 aliphatic carbocycles.